The Kier molecular flexibility index (Phi) is 5.51. The van der Waals surface area contributed by atoms with E-state index in [1.54, 1.807) is 19.1 Å². The van der Waals surface area contributed by atoms with Gasteiger partial charge in [0, 0.05) is 11.7 Å². The van der Waals surface area contributed by atoms with Gasteiger partial charge in [0.05, 0.1) is 21.2 Å². The Balaban J connectivity index is 1.66. The van der Waals surface area contributed by atoms with Crippen molar-refractivity contribution in [1.82, 2.24) is 10.3 Å². The van der Waals surface area contributed by atoms with Gasteiger partial charge in [-0.2, -0.15) is 0 Å². The van der Waals surface area contributed by atoms with Crippen molar-refractivity contribution in [2.45, 2.75) is 44.2 Å². The minimum atomic E-state index is -1.10. The summed E-state index contributed by atoms with van der Waals surface area (Å²) in [5.41, 5.74) is 0.487. The first-order valence-corrected chi connectivity index (χ1v) is 9.37. The molecule has 1 aliphatic rings. The van der Waals surface area contributed by atoms with Gasteiger partial charge in [0.15, 0.2) is 0 Å². The van der Waals surface area contributed by atoms with Crippen molar-refractivity contribution >= 4 is 35.1 Å². The molecule has 0 aliphatic heterocycles. The molecule has 1 aromatic heterocycles. The van der Waals surface area contributed by atoms with Crippen LogP contribution in [-0.2, 0) is 5.60 Å². The number of aromatic amines is 1. The van der Waals surface area contributed by atoms with E-state index in [0.717, 1.165) is 0 Å². The van der Waals surface area contributed by atoms with E-state index in [1.807, 2.05) is 0 Å². The van der Waals surface area contributed by atoms with Gasteiger partial charge in [0.25, 0.3) is 5.91 Å². The van der Waals surface area contributed by atoms with Crippen LogP contribution in [0.3, 0.4) is 0 Å². The number of carbonyl (C=O) groups is 2. The van der Waals surface area contributed by atoms with E-state index in [4.69, 9.17) is 28.3 Å². The largest absolute Gasteiger partial charge is 0.478 e. The predicted octanol–water partition coefficient (Wildman–Crippen LogP) is 3.89. The maximum atomic E-state index is 12.4. The summed E-state index contributed by atoms with van der Waals surface area (Å²) in [6.45, 7) is 1.73. The number of halogens is 2. The number of amides is 1. The highest BCUT2D eigenvalue weighted by Gasteiger charge is 2.36. The van der Waals surface area contributed by atoms with Gasteiger partial charge in [-0.1, -0.05) is 35.3 Å². The SMILES string of the molecule is Cc1[nH]c(C(=O)NC2CCC(O)(c3cccc(C(=O)O)c3)CC2)c(Cl)c1Cl. The minimum Gasteiger partial charge on any atom is -0.478 e. The van der Waals surface area contributed by atoms with E-state index >= 15 is 0 Å². The van der Waals surface area contributed by atoms with Crippen molar-refractivity contribution < 1.29 is 19.8 Å². The number of aromatic carboxylic acids is 1. The zero-order valence-electron chi connectivity index (χ0n) is 14.7. The highest BCUT2D eigenvalue weighted by Crippen LogP contribution is 2.37. The summed E-state index contributed by atoms with van der Waals surface area (Å²) >= 11 is 12.1. The number of aromatic nitrogens is 1. The van der Waals surface area contributed by atoms with Gasteiger partial charge >= 0.3 is 5.97 Å². The topological polar surface area (TPSA) is 102 Å². The Labute approximate surface area is 166 Å². The van der Waals surface area contributed by atoms with Gasteiger partial charge in [-0.15, -0.1) is 0 Å². The number of rotatable bonds is 4. The molecule has 0 unspecified atom stereocenters. The molecule has 1 aromatic carbocycles. The van der Waals surface area contributed by atoms with Crippen LogP contribution < -0.4 is 5.32 Å². The fourth-order valence-electron chi connectivity index (χ4n) is 3.46. The molecule has 0 bridgehead atoms. The molecule has 3 rings (SSSR count). The first-order valence-electron chi connectivity index (χ1n) is 8.62. The number of hydrogen-bond acceptors (Lipinski definition) is 3. The molecule has 1 heterocycles. The summed E-state index contributed by atoms with van der Waals surface area (Å²) in [4.78, 5) is 26.5. The molecule has 1 aliphatic carbocycles. The van der Waals surface area contributed by atoms with Crippen LogP contribution >= 0.6 is 23.2 Å². The van der Waals surface area contributed by atoms with Crippen molar-refractivity contribution in [2.75, 3.05) is 0 Å². The fraction of sp³-hybridized carbons (Fsp3) is 0.368. The van der Waals surface area contributed by atoms with Crippen LogP contribution in [0.2, 0.25) is 10.0 Å². The normalized spacial score (nSPS) is 22.4. The Morgan fingerprint density at radius 2 is 1.89 bits per heavy atom. The van der Waals surface area contributed by atoms with Crippen molar-refractivity contribution in [3.05, 3.63) is 56.8 Å². The maximum absolute atomic E-state index is 12.4. The molecule has 27 heavy (non-hydrogen) atoms. The lowest BCUT2D eigenvalue weighted by Crippen LogP contribution is -2.42. The van der Waals surface area contributed by atoms with E-state index in [9.17, 15) is 14.7 Å². The van der Waals surface area contributed by atoms with Gasteiger partial charge < -0.3 is 20.5 Å². The van der Waals surface area contributed by atoms with Crippen molar-refractivity contribution in [2.24, 2.45) is 0 Å². The summed E-state index contributed by atoms with van der Waals surface area (Å²) < 4.78 is 0. The van der Waals surface area contributed by atoms with E-state index in [0.29, 0.717) is 42.0 Å². The average molecular weight is 411 g/mol. The molecule has 0 saturated heterocycles. The van der Waals surface area contributed by atoms with Crippen LogP contribution in [0, 0.1) is 6.92 Å². The molecule has 144 valence electrons. The predicted molar refractivity (Wildman–Crippen MR) is 103 cm³/mol. The first-order chi connectivity index (χ1) is 12.7. The van der Waals surface area contributed by atoms with E-state index in [2.05, 4.69) is 10.3 Å². The van der Waals surface area contributed by atoms with Gasteiger partial charge in [-0.25, -0.2) is 4.79 Å². The molecule has 0 radical (unpaired) electrons. The highest BCUT2D eigenvalue weighted by molar-refractivity contribution is 6.44. The molecule has 6 nitrogen and oxygen atoms in total. The second-order valence-electron chi connectivity index (χ2n) is 6.92. The number of carboxylic acids is 1. The van der Waals surface area contributed by atoms with Crippen molar-refractivity contribution in [1.29, 1.82) is 0 Å². The Morgan fingerprint density at radius 1 is 1.22 bits per heavy atom. The molecule has 0 spiro atoms. The van der Waals surface area contributed by atoms with E-state index < -0.39 is 11.6 Å². The lowest BCUT2D eigenvalue weighted by atomic mass is 9.77. The number of hydrogen-bond donors (Lipinski definition) is 4. The Hall–Kier alpha value is -2.02. The lowest BCUT2D eigenvalue weighted by molar-refractivity contribution is -0.00810. The Morgan fingerprint density at radius 3 is 2.44 bits per heavy atom. The number of aliphatic hydroxyl groups is 1. The summed E-state index contributed by atoms with van der Waals surface area (Å²) in [7, 11) is 0. The molecule has 1 fully saturated rings. The molecular formula is C19H20Cl2N2O4. The third-order valence-electron chi connectivity index (χ3n) is 5.08. The Bertz CT molecular complexity index is 886. The smallest absolute Gasteiger partial charge is 0.335 e. The monoisotopic (exact) mass is 410 g/mol. The lowest BCUT2D eigenvalue weighted by Gasteiger charge is -2.36. The van der Waals surface area contributed by atoms with Crippen molar-refractivity contribution in [3.63, 3.8) is 0 Å². The van der Waals surface area contributed by atoms with Gasteiger partial charge in [0.2, 0.25) is 0 Å². The summed E-state index contributed by atoms with van der Waals surface area (Å²) in [5, 5.41) is 23.5. The van der Waals surface area contributed by atoms with Gasteiger partial charge in [0.1, 0.15) is 5.69 Å². The number of carboxylic acid groups (broad SMARTS) is 1. The fourth-order valence-corrected chi connectivity index (χ4v) is 3.87. The first kappa shape index (κ1) is 19.7. The standard InChI is InChI=1S/C19H20Cl2N2O4/c1-10-14(20)15(21)16(22-10)17(24)23-13-5-7-19(27,8-6-13)12-4-2-3-11(9-12)18(25)26/h2-4,9,13,22,27H,5-8H2,1H3,(H,23,24)(H,25,26). The minimum absolute atomic E-state index is 0.112. The second-order valence-corrected chi connectivity index (χ2v) is 7.67. The zero-order chi connectivity index (χ0) is 19.8. The van der Waals surface area contributed by atoms with E-state index in [1.165, 1.54) is 12.1 Å². The number of benzene rings is 1. The number of H-pyrrole nitrogens is 1. The molecule has 1 saturated carbocycles. The number of nitrogens with one attached hydrogen (secondary N) is 2. The zero-order valence-corrected chi connectivity index (χ0v) is 16.2. The molecule has 2 aromatic rings. The van der Waals surface area contributed by atoms with E-state index in [-0.39, 0.29) is 28.2 Å². The average Bonchev–Trinajstić information content (AvgIpc) is 2.91. The highest BCUT2D eigenvalue weighted by atomic mass is 35.5. The van der Waals surface area contributed by atoms with Crippen LogP contribution in [0.25, 0.3) is 0 Å². The molecular weight excluding hydrogens is 391 g/mol. The third kappa shape index (κ3) is 3.98. The van der Waals surface area contributed by atoms with Crippen LogP contribution in [0.5, 0.6) is 0 Å². The van der Waals surface area contributed by atoms with Crippen LogP contribution in [0.1, 0.15) is 57.8 Å². The second kappa shape index (κ2) is 7.54. The number of aryl methyl sites for hydroxylation is 1. The molecule has 0 atom stereocenters. The molecule has 1 amide bonds. The maximum Gasteiger partial charge on any atom is 0.335 e. The molecule has 4 N–H and O–H groups in total. The van der Waals surface area contributed by atoms with Crippen LogP contribution in [0.15, 0.2) is 24.3 Å². The number of carbonyl (C=O) groups excluding carboxylic acids is 1. The summed E-state index contributed by atoms with van der Waals surface area (Å²) in [6, 6.07) is 6.25. The molecule has 8 heteroatoms. The summed E-state index contributed by atoms with van der Waals surface area (Å²) in [5.74, 6) is -1.36. The van der Waals surface area contributed by atoms with Crippen LogP contribution in [0.4, 0.5) is 0 Å². The quantitative estimate of drug-likeness (QED) is 0.613. The van der Waals surface area contributed by atoms with Gasteiger partial charge in [-0.05, 0) is 50.3 Å². The van der Waals surface area contributed by atoms with Gasteiger partial charge in [-0.3, -0.25) is 4.79 Å². The van der Waals surface area contributed by atoms with Crippen LogP contribution in [-0.4, -0.2) is 33.1 Å². The summed E-state index contributed by atoms with van der Waals surface area (Å²) in [6.07, 6.45) is 1.95. The van der Waals surface area contributed by atoms with Crippen molar-refractivity contribution in [3.8, 4) is 0 Å². The third-order valence-corrected chi connectivity index (χ3v) is 6.02.